The number of carbonyl (C=O) groups is 1. The molecule has 3 nitrogen and oxygen atoms in total. The first-order chi connectivity index (χ1) is 5.68. The fourth-order valence-electron chi connectivity index (χ4n) is 0.670. The molecule has 1 N–H and O–H groups in total. The number of aliphatic carboxylic acids is 1. The predicted octanol–water partition coefficient (Wildman–Crippen LogP) is 2.18. The second-order valence-corrected chi connectivity index (χ2v) is 2.68. The molecule has 0 aliphatic heterocycles. The highest BCUT2D eigenvalue weighted by molar-refractivity contribution is 5.85. The van der Waals surface area contributed by atoms with Gasteiger partial charge in [0.25, 0.3) is 0 Å². The average Bonchev–Trinajstić information content (AvgIpc) is 2.03. The Kier molecular flexibility index (Phi) is 6.15. The van der Waals surface area contributed by atoms with Gasteiger partial charge in [0.2, 0.25) is 0 Å². The lowest BCUT2D eigenvalue weighted by molar-refractivity contribution is -0.132. The Bertz CT molecular complexity index is 161. The van der Waals surface area contributed by atoms with E-state index < -0.39 is 5.97 Å². The highest BCUT2D eigenvalue weighted by Crippen LogP contribution is 1.97. The molecule has 70 valence electrons. The van der Waals surface area contributed by atoms with Crippen LogP contribution >= 0.6 is 0 Å². The third-order valence-corrected chi connectivity index (χ3v) is 1.46. The van der Waals surface area contributed by atoms with Gasteiger partial charge in [0, 0.05) is 0 Å². The Balaban J connectivity index is 3.40. The van der Waals surface area contributed by atoms with E-state index in [0.717, 1.165) is 19.3 Å². The molecule has 0 amide bonds. The molecule has 0 aliphatic carbocycles. The zero-order chi connectivity index (χ0) is 9.40. The summed E-state index contributed by atoms with van der Waals surface area (Å²) >= 11 is 0. The van der Waals surface area contributed by atoms with Crippen molar-refractivity contribution in [1.29, 1.82) is 0 Å². The molecule has 0 rings (SSSR count). The van der Waals surface area contributed by atoms with Crippen molar-refractivity contribution in [2.24, 2.45) is 0 Å². The fourth-order valence-corrected chi connectivity index (χ4v) is 0.670. The zero-order valence-electron chi connectivity index (χ0n) is 7.67. The van der Waals surface area contributed by atoms with Crippen LogP contribution in [0.5, 0.6) is 0 Å². The number of rotatable bonds is 6. The molecule has 0 heterocycles. The highest BCUT2D eigenvalue weighted by atomic mass is 16.5. The lowest BCUT2D eigenvalue weighted by Gasteiger charge is -1.99. The van der Waals surface area contributed by atoms with Crippen LogP contribution in [-0.2, 0) is 9.53 Å². The third-order valence-electron chi connectivity index (χ3n) is 1.46. The van der Waals surface area contributed by atoms with Crippen LogP contribution in [0.3, 0.4) is 0 Å². The van der Waals surface area contributed by atoms with E-state index in [1.54, 1.807) is 0 Å². The Labute approximate surface area is 73.0 Å². The zero-order valence-corrected chi connectivity index (χ0v) is 7.67. The van der Waals surface area contributed by atoms with Crippen molar-refractivity contribution in [2.75, 3.05) is 6.61 Å². The summed E-state index contributed by atoms with van der Waals surface area (Å²) < 4.78 is 5.02. The van der Waals surface area contributed by atoms with Gasteiger partial charge in [0.15, 0.2) is 0 Å². The summed E-state index contributed by atoms with van der Waals surface area (Å²) in [7, 11) is 0. The van der Waals surface area contributed by atoms with E-state index in [1.807, 2.05) is 0 Å². The van der Waals surface area contributed by atoms with E-state index in [0.29, 0.717) is 6.61 Å². The van der Waals surface area contributed by atoms with Crippen molar-refractivity contribution in [1.82, 2.24) is 0 Å². The van der Waals surface area contributed by atoms with Gasteiger partial charge in [-0.1, -0.05) is 19.8 Å². The maximum absolute atomic E-state index is 10.3. The summed E-state index contributed by atoms with van der Waals surface area (Å²) in [5.41, 5.74) is 0.242. The Hall–Kier alpha value is -0.990. The maximum atomic E-state index is 10.3. The van der Waals surface area contributed by atoms with Gasteiger partial charge in [0.1, 0.15) is 0 Å². The van der Waals surface area contributed by atoms with Crippen molar-refractivity contribution < 1.29 is 14.6 Å². The molecule has 0 aromatic heterocycles. The minimum absolute atomic E-state index is 0.242. The predicted molar refractivity (Wildman–Crippen MR) is 46.9 cm³/mol. The van der Waals surface area contributed by atoms with Gasteiger partial charge in [-0.15, -0.1) is 0 Å². The Morgan fingerprint density at radius 1 is 1.50 bits per heavy atom. The molecule has 0 aliphatic rings. The topological polar surface area (TPSA) is 46.5 Å². The quantitative estimate of drug-likeness (QED) is 0.379. The number of ether oxygens (including phenoxy) is 1. The van der Waals surface area contributed by atoms with Gasteiger partial charge < -0.3 is 9.84 Å². The first-order valence-electron chi connectivity index (χ1n) is 4.20. The van der Waals surface area contributed by atoms with E-state index in [2.05, 4.69) is 6.92 Å². The summed E-state index contributed by atoms with van der Waals surface area (Å²) in [6.07, 6.45) is 4.56. The number of carboxylic acids is 1. The minimum Gasteiger partial charge on any atom is -0.501 e. The lowest BCUT2D eigenvalue weighted by atomic mass is 10.3. The summed E-state index contributed by atoms with van der Waals surface area (Å²) in [6, 6.07) is 0. The first kappa shape index (κ1) is 11.0. The van der Waals surface area contributed by atoms with Crippen LogP contribution in [0.2, 0.25) is 0 Å². The van der Waals surface area contributed by atoms with Crippen molar-refractivity contribution in [2.45, 2.75) is 33.1 Å². The number of carboxylic acid groups (broad SMARTS) is 1. The van der Waals surface area contributed by atoms with Crippen molar-refractivity contribution in [3.8, 4) is 0 Å². The first-order valence-corrected chi connectivity index (χ1v) is 4.20. The molecule has 0 bridgehead atoms. The molecule has 0 atom stereocenters. The van der Waals surface area contributed by atoms with Crippen LogP contribution in [0.25, 0.3) is 0 Å². The molecule has 0 saturated heterocycles. The summed E-state index contributed by atoms with van der Waals surface area (Å²) in [5.74, 6) is -0.925. The SMILES string of the molecule is CCCCCOC=C(C)C(=O)O. The summed E-state index contributed by atoms with van der Waals surface area (Å²) in [6.45, 7) is 4.24. The number of hydrogen-bond donors (Lipinski definition) is 1. The van der Waals surface area contributed by atoms with Crippen molar-refractivity contribution in [3.63, 3.8) is 0 Å². The van der Waals surface area contributed by atoms with Crippen LogP contribution in [0.15, 0.2) is 11.8 Å². The molecule has 3 heteroatoms. The number of unbranched alkanes of at least 4 members (excludes halogenated alkanes) is 2. The van der Waals surface area contributed by atoms with E-state index in [-0.39, 0.29) is 5.57 Å². The molecule has 0 aromatic carbocycles. The molecule has 0 fully saturated rings. The minimum atomic E-state index is -0.925. The Morgan fingerprint density at radius 2 is 2.17 bits per heavy atom. The fraction of sp³-hybridized carbons (Fsp3) is 0.667. The molecular formula is C9H16O3. The number of hydrogen-bond acceptors (Lipinski definition) is 2. The molecule has 0 spiro atoms. The normalized spacial score (nSPS) is 11.3. The van der Waals surface area contributed by atoms with Gasteiger partial charge in [-0.05, 0) is 13.3 Å². The van der Waals surface area contributed by atoms with Gasteiger partial charge in [0.05, 0.1) is 18.4 Å². The van der Waals surface area contributed by atoms with Crippen LogP contribution < -0.4 is 0 Å². The van der Waals surface area contributed by atoms with Crippen LogP contribution in [0.1, 0.15) is 33.1 Å². The van der Waals surface area contributed by atoms with E-state index in [1.165, 1.54) is 13.2 Å². The van der Waals surface area contributed by atoms with Crippen LogP contribution in [0.4, 0.5) is 0 Å². The van der Waals surface area contributed by atoms with E-state index >= 15 is 0 Å². The smallest absolute Gasteiger partial charge is 0.334 e. The van der Waals surface area contributed by atoms with E-state index in [4.69, 9.17) is 9.84 Å². The molecule has 12 heavy (non-hydrogen) atoms. The average molecular weight is 172 g/mol. The van der Waals surface area contributed by atoms with Gasteiger partial charge in [-0.2, -0.15) is 0 Å². The molecule has 0 radical (unpaired) electrons. The third kappa shape index (κ3) is 5.77. The van der Waals surface area contributed by atoms with Crippen molar-refractivity contribution in [3.05, 3.63) is 11.8 Å². The monoisotopic (exact) mass is 172 g/mol. The second-order valence-electron chi connectivity index (χ2n) is 2.68. The molecule has 0 aromatic rings. The van der Waals surface area contributed by atoms with Crippen LogP contribution in [-0.4, -0.2) is 17.7 Å². The molecule has 0 saturated carbocycles. The maximum Gasteiger partial charge on any atom is 0.334 e. The summed E-state index contributed by atoms with van der Waals surface area (Å²) in [4.78, 5) is 10.3. The van der Waals surface area contributed by atoms with Crippen molar-refractivity contribution >= 4 is 5.97 Å². The lowest BCUT2D eigenvalue weighted by Crippen LogP contribution is -1.97. The second kappa shape index (κ2) is 6.70. The van der Waals surface area contributed by atoms with E-state index in [9.17, 15) is 4.79 Å². The standard InChI is InChI=1S/C9H16O3/c1-3-4-5-6-12-7-8(2)9(10)11/h7H,3-6H2,1-2H3,(H,10,11). The van der Waals surface area contributed by atoms with Gasteiger partial charge >= 0.3 is 5.97 Å². The largest absolute Gasteiger partial charge is 0.501 e. The van der Waals surface area contributed by atoms with Gasteiger partial charge in [-0.25, -0.2) is 4.79 Å². The van der Waals surface area contributed by atoms with Crippen LogP contribution in [0, 0.1) is 0 Å². The molecule has 0 unspecified atom stereocenters. The van der Waals surface area contributed by atoms with Gasteiger partial charge in [-0.3, -0.25) is 0 Å². The Morgan fingerprint density at radius 3 is 2.67 bits per heavy atom. The summed E-state index contributed by atoms with van der Waals surface area (Å²) in [5, 5.41) is 8.44. The molecular weight excluding hydrogens is 156 g/mol. The highest BCUT2D eigenvalue weighted by Gasteiger charge is 1.98.